The lowest BCUT2D eigenvalue weighted by atomic mass is 9.95. The quantitative estimate of drug-likeness (QED) is 0.903. The fraction of sp³-hybridized carbons (Fsp3) is 0.667. The average molecular weight is 285 g/mol. The van der Waals surface area contributed by atoms with Gasteiger partial charge in [-0.25, -0.2) is 8.42 Å². The van der Waals surface area contributed by atoms with Gasteiger partial charge in [0.1, 0.15) is 10.7 Å². The zero-order valence-corrected chi connectivity index (χ0v) is 12.2. The second-order valence-corrected chi connectivity index (χ2v) is 6.99. The summed E-state index contributed by atoms with van der Waals surface area (Å²) in [5.41, 5.74) is 1.03. The molecule has 6 nitrogen and oxygen atoms in total. The molecular weight excluding hydrogens is 266 g/mol. The number of carbonyl (C=O) groups excluding carboxylic acids is 1. The van der Waals surface area contributed by atoms with Crippen molar-refractivity contribution in [1.82, 2.24) is 14.5 Å². The Morgan fingerprint density at radius 1 is 1.26 bits per heavy atom. The first kappa shape index (κ1) is 14.2. The summed E-state index contributed by atoms with van der Waals surface area (Å²) in [7, 11) is -1.96. The van der Waals surface area contributed by atoms with E-state index in [0.717, 1.165) is 0 Å². The van der Waals surface area contributed by atoms with Crippen LogP contribution in [0.3, 0.4) is 0 Å². The summed E-state index contributed by atoms with van der Waals surface area (Å²) >= 11 is 0. The number of H-pyrrole nitrogens is 1. The number of carbonyl (C=O) groups is 1. The van der Waals surface area contributed by atoms with Gasteiger partial charge in [-0.15, -0.1) is 0 Å². The summed E-state index contributed by atoms with van der Waals surface area (Å²) in [5, 5.41) is 6.64. The molecule has 0 unspecified atom stereocenters. The summed E-state index contributed by atoms with van der Waals surface area (Å²) in [5.74, 6) is 0.220. The van der Waals surface area contributed by atoms with E-state index in [4.69, 9.17) is 0 Å². The molecule has 1 aliphatic carbocycles. The number of hydrogen-bond donors (Lipinski definition) is 1. The van der Waals surface area contributed by atoms with E-state index in [2.05, 4.69) is 10.2 Å². The van der Waals surface area contributed by atoms with E-state index < -0.39 is 10.0 Å². The van der Waals surface area contributed by atoms with E-state index in [-0.39, 0.29) is 16.7 Å². The average Bonchev–Trinajstić information content (AvgIpc) is 2.69. The fourth-order valence-electron chi connectivity index (χ4n) is 2.55. The number of nitrogens with one attached hydrogen (secondary N) is 1. The van der Waals surface area contributed by atoms with Crippen LogP contribution in [-0.4, -0.2) is 41.8 Å². The van der Waals surface area contributed by atoms with Crippen molar-refractivity contribution < 1.29 is 13.2 Å². The molecule has 1 saturated carbocycles. The first-order chi connectivity index (χ1) is 8.84. The molecule has 1 aromatic heterocycles. The van der Waals surface area contributed by atoms with Crippen LogP contribution < -0.4 is 0 Å². The van der Waals surface area contributed by atoms with Crippen molar-refractivity contribution in [3.05, 3.63) is 11.4 Å². The van der Waals surface area contributed by atoms with Gasteiger partial charge in [0.05, 0.1) is 11.4 Å². The molecule has 0 amide bonds. The van der Waals surface area contributed by atoms with Crippen LogP contribution in [0.15, 0.2) is 4.90 Å². The van der Waals surface area contributed by atoms with Gasteiger partial charge in [-0.05, 0) is 26.7 Å². The number of aromatic amines is 1. The third-order valence-corrected chi connectivity index (χ3v) is 5.90. The summed E-state index contributed by atoms with van der Waals surface area (Å²) in [6.07, 6.45) is 2.14. The van der Waals surface area contributed by atoms with Crippen molar-refractivity contribution in [3.63, 3.8) is 0 Å². The summed E-state index contributed by atoms with van der Waals surface area (Å²) in [6.45, 7) is 3.37. The van der Waals surface area contributed by atoms with Crippen LogP contribution in [0.5, 0.6) is 0 Å². The smallest absolute Gasteiger partial charge is 0.246 e. The number of rotatable bonds is 3. The van der Waals surface area contributed by atoms with Crippen molar-refractivity contribution in [3.8, 4) is 0 Å². The van der Waals surface area contributed by atoms with Crippen molar-refractivity contribution >= 4 is 15.8 Å². The van der Waals surface area contributed by atoms with Gasteiger partial charge in [0, 0.05) is 25.9 Å². The highest BCUT2D eigenvalue weighted by Gasteiger charge is 2.33. The van der Waals surface area contributed by atoms with Gasteiger partial charge in [0.2, 0.25) is 10.0 Å². The lowest BCUT2D eigenvalue weighted by Gasteiger charge is -2.29. The number of hydrogen-bond acceptors (Lipinski definition) is 4. The third-order valence-electron chi connectivity index (χ3n) is 3.72. The Kier molecular flexibility index (Phi) is 3.78. The predicted octanol–water partition coefficient (Wildman–Crippen LogP) is 1.16. The van der Waals surface area contributed by atoms with Gasteiger partial charge in [-0.2, -0.15) is 9.40 Å². The minimum atomic E-state index is -3.55. The summed E-state index contributed by atoms with van der Waals surface area (Å²) < 4.78 is 26.6. The molecule has 0 aromatic carbocycles. The molecule has 0 aliphatic heterocycles. The minimum absolute atomic E-state index is 0.101. The van der Waals surface area contributed by atoms with Gasteiger partial charge in [0.25, 0.3) is 0 Å². The molecule has 19 heavy (non-hydrogen) atoms. The normalized spacial score (nSPS) is 18.2. The topological polar surface area (TPSA) is 83.1 Å². The third kappa shape index (κ3) is 2.57. The van der Waals surface area contributed by atoms with E-state index in [1.807, 2.05) is 0 Å². The summed E-state index contributed by atoms with van der Waals surface area (Å²) in [4.78, 5) is 11.5. The molecule has 1 fully saturated rings. The van der Waals surface area contributed by atoms with Crippen molar-refractivity contribution in [1.29, 1.82) is 0 Å². The number of aryl methyl sites for hydroxylation is 2. The van der Waals surface area contributed by atoms with Crippen molar-refractivity contribution in [2.45, 2.75) is 50.5 Å². The first-order valence-electron chi connectivity index (χ1n) is 6.35. The fourth-order valence-corrected chi connectivity index (χ4v) is 4.29. The molecule has 1 heterocycles. The van der Waals surface area contributed by atoms with Crippen LogP contribution in [0.25, 0.3) is 0 Å². The number of aromatic nitrogens is 2. The number of ketones is 1. The highest BCUT2D eigenvalue weighted by molar-refractivity contribution is 7.89. The SMILES string of the molecule is Cc1n[nH]c(C)c1S(=O)(=O)N(C)C1CCC(=O)CC1. The molecule has 0 bridgehead atoms. The maximum absolute atomic E-state index is 12.6. The zero-order valence-electron chi connectivity index (χ0n) is 11.4. The van der Waals surface area contributed by atoms with E-state index in [1.165, 1.54) is 4.31 Å². The number of nitrogens with zero attached hydrogens (tertiary/aromatic N) is 2. The first-order valence-corrected chi connectivity index (χ1v) is 7.79. The molecule has 1 N–H and O–H groups in total. The van der Waals surface area contributed by atoms with Crippen LogP contribution >= 0.6 is 0 Å². The zero-order chi connectivity index (χ0) is 14.2. The Hall–Kier alpha value is -1.21. The number of Topliss-reactive ketones (excluding diaryl/α,β-unsaturated/α-hetero) is 1. The number of sulfonamides is 1. The standard InChI is InChI=1S/C12H19N3O3S/c1-8-12(9(2)14-13-8)19(17,18)15(3)10-4-6-11(16)7-5-10/h10H,4-7H2,1-3H3,(H,13,14). The van der Waals surface area contributed by atoms with Crippen molar-refractivity contribution in [2.24, 2.45) is 0 Å². The van der Waals surface area contributed by atoms with Crippen LogP contribution in [0, 0.1) is 13.8 Å². The van der Waals surface area contributed by atoms with Crippen molar-refractivity contribution in [2.75, 3.05) is 7.05 Å². The largest absolute Gasteiger partial charge is 0.300 e. The highest BCUT2D eigenvalue weighted by Crippen LogP contribution is 2.27. The molecule has 1 aromatic rings. The second kappa shape index (κ2) is 5.05. The van der Waals surface area contributed by atoms with Gasteiger partial charge in [0.15, 0.2) is 0 Å². The Morgan fingerprint density at radius 2 is 1.84 bits per heavy atom. The van der Waals surface area contributed by atoms with Gasteiger partial charge in [-0.3, -0.25) is 9.89 Å². The molecule has 0 radical (unpaired) electrons. The van der Waals surface area contributed by atoms with E-state index >= 15 is 0 Å². The van der Waals surface area contributed by atoms with Crippen LogP contribution in [0.1, 0.15) is 37.1 Å². The van der Waals surface area contributed by atoms with Crippen LogP contribution in [0.4, 0.5) is 0 Å². The van der Waals surface area contributed by atoms with E-state index in [9.17, 15) is 13.2 Å². The van der Waals surface area contributed by atoms with E-state index in [0.29, 0.717) is 37.1 Å². The molecule has 2 rings (SSSR count). The van der Waals surface area contributed by atoms with Crippen LogP contribution in [0.2, 0.25) is 0 Å². The van der Waals surface area contributed by atoms with Gasteiger partial charge < -0.3 is 0 Å². The molecule has 0 saturated heterocycles. The Balaban J connectivity index is 2.27. The molecule has 106 valence electrons. The maximum atomic E-state index is 12.6. The summed E-state index contributed by atoms with van der Waals surface area (Å²) in [6, 6.07) is -0.101. The van der Waals surface area contributed by atoms with Crippen LogP contribution in [-0.2, 0) is 14.8 Å². The van der Waals surface area contributed by atoms with Gasteiger partial charge in [-0.1, -0.05) is 0 Å². The molecule has 7 heteroatoms. The molecular formula is C12H19N3O3S. The molecule has 0 spiro atoms. The van der Waals surface area contributed by atoms with E-state index in [1.54, 1.807) is 20.9 Å². The lowest BCUT2D eigenvalue weighted by molar-refractivity contribution is -0.120. The maximum Gasteiger partial charge on any atom is 0.246 e. The minimum Gasteiger partial charge on any atom is -0.300 e. The Labute approximate surface area is 113 Å². The Morgan fingerprint density at radius 3 is 2.32 bits per heavy atom. The monoisotopic (exact) mass is 285 g/mol. The van der Waals surface area contributed by atoms with Gasteiger partial charge >= 0.3 is 0 Å². The Bertz CT molecular complexity index is 562. The molecule has 0 atom stereocenters. The highest BCUT2D eigenvalue weighted by atomic mass is 32.2. The second-order valence-electron chi connectivity index (χ2n) is 5.05. The predicted molar refractivity (Wildman–Crippen MR) is 70.3 cm³/mol. The molecule has 1 aliphatic rings. The lowest BCUT2D eigenvalue weighted by Crippen LogP contribution is -2.39.